The fourth-order valence-corrected chi connectivity index (χ4v) is 3.68. The highest BCUT2D eigenvalue weighted by Gasteiger charge is 2.32. The largest absolute Gasteiger partial charge is 0.483 e. The van der Waals surface area contributed by atoms with Crippen molar-refractivity contribution in [3.63, 3.8) is 0 Å². The molecule has 1 amide bonds. The zero-order valence-corrected chi connectivity index (χ0v) is 14.4. The standard InChI is InChI=1S/C19H27NO3/c1-4-15-9-5-6-11-20(15)17(21)13-22-16-10-7-8-14-12-19(2,3)23-18(14)16/h7-8,10,15H,4-6,9,11-13H2,1-3H3. The maximum absolute atomic E-state index is 12.5. The van der Waals surface area contributed by atoms with Crippen LogP contribution in [-0.4, -0.2) is 35.6 Å². The van der Waals surface area contributed by atoms with E-state index < -0.39 is 0 Å². The summed E-state index contributed by atoms with van der Waals surface area (Å²) in [6.45, 7) is 7.24. The van der Waals surface area contributed by atoms with Crippen LogP contribution in [-0.2, 0) is 11.2 Å². The lowest BCUT2D eigenvalue weighted by Gasteiger charge is -2.35. The van der Waals surface area contributed by atoms with Crippen LogP contribution in [0.2, 0.25) is 0 Å². The van der Waals surface area contributed by atoms with Gasteiger partial charge in [-0.1, -0.05) is 19.1 Å². The number of piperidine rings is 1. The van der Waals surface area contributed by atoms with Gasteiger partial charge in [0, 0.05) is 24.6 Å². The van der Waals surface area contributed by atoms with Crippen molar-refractivity contribution < 1.29 is 14.3 Å². The second kappa shape index (κ2) is 6.42. The monoisotopic (exact) mass is 317 g/mol. The van der Waals surface area contributed by atoms with Crippen molar-refractivity contribution in [2.75, 3.05) is 13.2 Å². The Morgan fingerprint density at radius 2 is 2.22 bits per heavy atom. The van der Waals surface area contributed by atoms with Crippen molar-refractivity contribution in [3.05, 3.63) is 23.8 Å². The number of fused-ring (bicyclic) bond motifs is 1. The molecule has 2 heterocycles. The van der Waals surface area contributed by atoms with Gasteiger partial charge >= 0.3 is 0 Å². The van der Waals surface area contributed by atoms with E-state index in [1.807, 2.05) is 17.0 Å². The zero-order valence-electron chi connectivity index (χ0n) is 14.4. The summed E-state index contributed by atoms with van der Waals surface area (Å²) in [5, 5.41) is 0. The highest BCUT2D eigenvalue weighted by molar-refractivity contribution is 5.78. The molecule has 0 saturated carbocycles. The molecule has 1 atom stereocenters. The van der Waals surface area contributed by atoms with Crippen LogP contribution in [0.4, 0.5) is 0 Å². The Balaban J connectivity index is 1.65. The first-order valence-electron chi connectivity index (χ1n) is 8.73. The molecule has 0 aliphatic carbocycles. The van der Waals surface area contributed by atoms with Gasteiger partial charge in [0.05, 0.1) is 0 Å². The van der Waals surface area contributed by atoms with Crippen LogP contribution < -0.4 is 9.47 Å². The molecule has 2 aliphatic heterocycles. The average Bonchev–Trinajstić information content (AvgIpc) is 2.86. The molecule has 0 radical (unpaired) electrons. The summed E-state index contributed by atoms with van der Waals surface area (Å²) in [4.78, 5) is 14.5. The molecule has 4 heteroatoms. The van der Waals surface area contributed by atoms with E-state index in [1.165, 1.54) is 6.42 Å². The Hall–Kier alpha value is -1.71. The van der Waals surface area contributed by atoms with Gasteiger partial charge in [-0.2, -0.15) is 0 Å². The number of likely N-dealkylation sites (tertiary alicyclic amines) is 1. The third-order valence-corrected chi connectivity index (χ3v) is 4.82. The van der Waals surface area contributed by atoms with Crippen molar-refractivity contribution in [1.29, 1.82) is 0 Å². The van der Waals surface area contributed by atoms with Crippen molar-refractivity contribution in [2.45, 2.75) is 64.5 Å². The number of hydrogen-bond acceptors (Lipinski definition) is 3. The van der Waals surface area contributed by atoms with Crippen molar-refractivity contribution in [2.24, 2.45) is 0 Å². The van der Waals surface area contributed by atoms with E-state index in [-0.39, 0.29) is 18.1 Å². The molecule has 1 unspecified atom stereocenters. The molecule has 2 aliphatic rings. The normalized spacial score (nSPS) is 22.4. The van der Waals surface area contributed by atoms with Gasteiger partial charge in [-0.15, -0.1) is 0 Å². The first-order chi connectivity index (χ1) is 11.0. The fraction of sp³-hybridized carbons (Fsp3) is 0.632. The molecule has 1 aromatic carbocycles. The molecular formula is C19H27NO3. The molecule has 126 valence electrons. The minimum atomic E-state index is -0.202. The molecule has 23 heavy (non-hydrogen) atoms. The van der Waals surface area contributed by atoms with Gasteiger partial charge in [-0.05, 0) is 45.6 Å². The maximum atomic E-state index is 12.5. The zero-order chi connectivity index (χ0) is 16.4. The molecule has 0 aromatic heterocycles. The average molecular weight is 317 g/mol. The second-order valence-corrected chi connectivity index (χ2v) is 7.22. The van der Waals surface area contributed by atoms with E-state index in [4.69, 9.17) is 9.47 Å². The van der Waals surface area contributed by atoms with Crippen LogP contribution in [0.3, 0.4) is 0 Å². The third kappa shape index (κ3) is 3.46. The van der Waals surface area contributed by atoms with Gasteiger partial charge in [0.15, 0.2) is 18.1 Å². The van der Waals surface area contributed by atoms with Crippen molar-refractivity contribution in [3.8, 4) is 11.5 Å². The highest BCUT2D eigenvalue weighted by Crippen LogP contribution is 2.41. The smallest absolute Gasteiger partial charge is 0.260 e. The van der Waals surface area contributed by atoms with Crippen LogP contribution >= 0.6 is 0 Å². The van der Waals surface area contributed by atoms with Crippen molar-refractivity contribution >= 4 is 5.91 Å². The molecule has 0 spiro atoms. The number of nitrogens with zero attached hydrogens (tertiary/aromatic N) is 1. The summed E-state index contributed by atoms with van der Waals surface area (Å²) < 4.78 is 11.8. The van der Waals surface area contributed by atoms with Crippen LogP contribution in [0.15, 0.2) is 18.2 Å². The molecule has 3 rings (SSSR count). The molecule has 0 bridgehead atoms. The minimum Gasteiger partial charge on any atom is -0.483 e. The quantitative estimate of drug-likeness (QED) is 0.852. The summed E-state index contributed by atoms with van der Waals surface area (Å²) in [6.07, 6.45) is 5.32. The Labute approximate surface area is 138 Å². The number of ether oxygens (including phenoxy) is 2. The molecule has 0 N–H and O–H groups in total. The van der Waals surface area contributed by atoms with E-state index in [1.54, 1.807) is 0 Å². The summed E-state index contributed by atoms with van der Waals surface area (Å²) in [5.74, 6) is 1.58. The molecule has 1 saturated heterocycles. The number of para-hydroxylation sites is 1. The van der Waals surface area contributed by atoms with Gasteiger partial charge in [-0.25, -0.2) is 0 Å². The third-order valence-electron chi connectivity index (χ3n) is 4.82. The summed E-state index contributed by atoms with van der Waals surface area (Å²) in [7, 11) is 0. The maximum Gasteiger partial charge on any atom is 0.260 e. The van der Waals surface area contributed by atoms with E-state index in [0.717, 1.165) is 43.5 Å². The predicted octanol–water partition coefficient (Wildman–Crippen LogP) is 3.57. The van der Waals surface area contributed by atoms with E-state index in [0.29, 0.717) is 11.8 Å². The number of benzene rings is 1. The lowest BCUT2D eigenvalue weighted by atomic mass is 10.00. The van der Waals surface area contributed by atoms with Crippen LogP contribution in [0.1, 0.15) is 52.0 Å². The van der Waals surface area contributed by atoms with Gasteiger partial charge in [0.25, 0.3) is 5.91 Å². The minimum absolute atomic E-state index is 0.0893. The fourth-order valence-electron chi connectivity index (χ4n) is 3.68. The Kier molecular flexibility index (Phi) is 4.51. The van der Waals surface area contributed by atoms with Gasteiger partial charge in [0.1, 0.15) is 5.60 Å². The lowest BCUT2D eigenvalue weighted by molar-refractivity contribution is -0.137. The number of amides is 1. The SMILES string of the molecule is CCC1CCCCN1C(=O)COc1cccc2c1OC(C)(C)C2. The number of rotatable bonds is 4. The molecule has 1 fully saturated rings. The van der Waals surface area contributed by atoms with Crippen LogP contribution in [0, 0.1) is 0 Å². The number of hydrogen-bond donors (Lipinski definition) is 0. The van der Waals surface area contributed by atoms with Gasteiger partial charge in [-0.3, -0.25) is 4.79 Å². The summed E-state index contributed by atoms with van der Waals surface area (Å²) in [6, 6.07) is 6.30. The van der Waals surface area contributed by atoms with E-state index in [9.17, 15) is 4.79 Å². The molecular weight excluding hydrogens is 290 g/mol. The van der Waals surface area contributed by atoms with E-state index >= 15 is 0 Å². The Morgan fingerprint density at radius 1 is 1.39 bits per heavy atom. The van der Waals surface area contributed by atoms with Gasteiger partial charge < -0.3 is 14.4 Å². The number of carbonyl (C=O) groups is 1. The Bertz CT molecular complexity index is 582. The molecule has 4 nitrogen and oxygen atoms in total. The topological polar surface area (TPSA) is 38.8 Å². The van der Waals surface area contributed by atoms with Crippen molar-refractivity contribution in [1.82, 2.24) is 4.90 Å². The lowest BCUT2D eigenvalue weighted by Crippen LogP contribution is -2.45. The second-order valence-electron chi connectivity index (χ2n) is 7.22. The van der Waals surface area contributed by atoms with Crippen LogP contribution in [0.25, 0.3) is 0 Å². The first kappa shape index (κ1) is 16.2. The Morgan fingerprint density at radius 3 is 3.00 bits per heavy atom. The van der Waals surface area contributed by atoms with E-state index in [2.05, 4.69) is 26.8 Å². The summed E-state index contributed by atoms with van der Waals surface area (Å²) in [5.41, 5.74) is 0.954. The predicted molar refractivity (Wildman–Crippen MR) is 90.0 cm³/mol. The van der Waals surface area contributed by atoms with Crippen LogP contribution in [0.5, 0.6) is 11.5 Å². The summed E-state index contributed by atoms with van der Waals surface area (Å²) >= 11 is 0. The first-order valence-corrected chi connectivity index (χ1v) is 8.73. The highest BCUT2D eigenvalue weighted by atomic mass is 16.5. The van der Waals surface area contributed by atoms with Gasteiger partial charge in [0.2, 0.25) is 0 Å². The molecule has 1 aromatic rings. The number of carbonyl (C=O) groups excluding carboxylic acids is 1.